The Hall–Kier alpha value is -1.60. The highest BCUT2D eigenvalue weighted by molar-refractivity contribution is 5.90. The molecule has 0 aromatic rings. The van der Waals surface area contributed by atoms with Crippen molar-refractivity contribution in [1.82, 2.24) is 0 Å². The van der Waals surface area contributed by atoms with E-state index < -0.39 is 50.1 Å². The van der Waals surface area contributed by atoms with Gasteiger partial charge in [0.15, 0.2) is 6.29 Å². The van der Waals surface area contributed by atoms with Crippen molar-refractivity contribution in [3.05, 3.63) is 12.2 Å². The van der Waals surface area contributed by atoms with Crippen molar-refractivity contribution in [2.24, 2.45) is 5.41 Å². The lowest BCUT2D eigenvalue weighted by Crippen LogP contribution is -2.42. The average molecular weight is 382 g/mol. The lowest BCUT2D eigenvalue weighted by atomic mass is 9.92. The number of hydrogen-bond donors (Lipinski definition) is 5. The van der Waals surface area contributed by atoms with E-state index in [1.54, 1.807) is 0 Å². The molecule has 0 saturated heterocycles. The zero-order chi connectivity index (χ0) is 19.8. The maximum absolute atomic E-state index is 11.4. The molecule has 1 atom stereocenters. The van der Waals surface area contributed by atoms with Crippen LogP contribution in [-0.2, 0) is 28.5 Å². The van der Waals surface area contributed by atoms with Crippen molar-refractivity contribution in [1.29, 1.82) is 0 Å². The topological polar surface area (TPSA) is 172 Å². The second-order valence-corrected chi connectivity index (χ2v) is 5.23. The number of carbonyl (C=O) groups excluding carboxylic acids is 1. The molecule has 0 amide bonds. The van der Waals surface area contributed by atoms with E-state index in [1.807, 2.05) is 0 Å². The van der Waals surface area contributed by atoms with Crippen molar-refractivity contribution in [3.8, 4) is 0 Å². The van der Waals surface area contributed by atoms with Crippen molar-refractivity contribution in [2.75, 3.05) is 59.5 Å². The zero-order valence-electron chi connectivity index (χ0n) is 14.3. The van der Waals surface area contributed by atoms with Crippen LogP contribution in [0.2, 0.25) is 0 Å². The van der Waals surface area contributed by atoms with Crippen LogP contribution in [0.25, 0.3) is 0 Å². The quantitative estimate of drug-likeness (QED) is 0.0826. The number of hydrogen-bond acceptors (Lipinski definition) is 10. The maximum atomic E-state index is 11.4. The fraction of sp³-hybridized carbons (Fsp3) is 0.733. The van der Waals surface area contributed by atoms with Gasteiger partial charge in [-0.25, -0.2) is 9.59 Å². The molecule has 0 aliphatic rings. The number of carbonyl (C=O) groups is 2. The predicted molar refractivity (Wildman–Crippen MR) is 85.0 cm³/mol. The predicted octanol–water partition coefficient (Wildman–Crippen LogP) is -2.50. The van der Waals surface area contributed by atoms with Gasteiger partial charge in [-0.2, -0.15) is 0 Å². The summed E-state index contributed by atoms with van der Waals surface area (Å²) in [6, 6.07) is 0. The third kappa shape index (κ3) is 11.1. The van der Waals surface area contributed by atoms with E-state index in [2.05, 4.69) is 0 Å². The van der Waals surface area contributed by atoms with Gasteiger partial charge in [-0.15, -0.1) is 0 Å². The van der Waals surface area contributed by atoms with Crippen LogP contribution in [0, 0.1) is 5.41 Å². The Morgan fingerprint density at radius 2 is 1.62 bits per heavy atom. The number of carboxylic acids is 1. The molecule has 26 heavy (non-hydrogen) atoms. The molecule has 11 heteroatoms. The molecule has 0 aliphatic heterocycles. The largest absolute Gasteiger partial charge is 0.478 e. The lowest BCUT2D eigenvalue weighted by molar-refractivity contribution is -0.198. The second-order valence-electron chi connectivity index (χ2n) is 5.23. The van der Waals surface area contributed by atoms with Crippen molar-refractivity contribution in [3.63, 3.8) is 0 Å². The van der Waals surface area contributed by atoms with Gasteiger partial charge < -0.3 is 44.5 Å². The number of carboxylic acid groups (broad SMARTS) is 1. The van der Waals surface area contributed by atoms with E-state index in [1.165, 1.54) is 0 Å². The minimum absolute atomic E-state index is 0.0748. The summed E-state index contributed by atoms with van der Waals surface area (Å²) in [6.07, 6.45) is 0.217. The van der Waals surface area contributed by atoms with Crippen LogP contribution in [0.15, 0.2) is 12.2 Å². The normalized spacial score (nSPS) is 13.1. The first-order valence-electron chi connectivity index (χ1n) is 7.75. The number of rotatable bonds is 16. The van der Waals surface area contributed by atoms with Gasteiger partial charge in [-0.3, -0.25) is 0 Å². The molecule has 0 aromatic carbocycles. The lowest BCUT2D eigenvalue weighted by Gasteiger charge is -2.30. The van der Waals surface area contributed by atoms with Crippen LogP contribution in [0.5, 0.6) is 0 Å². The SMILES string of the molecule is O=C(O)/C=C\C(=O)OCC(CO)(CO)COC(CO)OCCOCCO. The molecule has 0 spiro atoms. The van der Waals surface area contributed by atoms with Crippen LogP contribution in [-0.4, -0.2) is 103 Å². The Balaban J connectivity index is 4.43. The summed E-state index contributed by atoms with van der Waals surface area (Å²) in [5.41, 5.74) is -1.36. The third-order valence-corrected chi connectivity index (χ3v) is 3.04. The Labute approximate surface area is 150 Å². The number of ether oxygens (including phenoxy) is 4. The van der Waals surface area contributed by atoms with Gasteiger partial charge in [0.2, 0.25) is 0 Å². The highest BCUT2D eigenvalue weighted by atomic mass is 16.7. The van der Waals surface area contributed by atoms with Crippen molar-refractivity contribution >= 4 is 11.9 Å². The van der Waals surface area contributed by atoms with E-state index in [4.69, 9.17) is 29.2 Å². The van der Waals surface area contributed by atoms with E-state index in [0.717, 1.165) is 0 Å². The van der Waals surface area contributed by atoms with Gasteiger partial charge in [0, 0.05) is 12.2 Å². The number of aliphatic hydroxyl groups excluding tert-OH is 4. The fourth-order valence-electron chi connectivity index (χ4n) is 1.51. The molecule has 1 unspecified atom stereocenters. The molecule has 0 heterocycles. The Morgan fingerprint density at radius 3 is 2.15 bits per heavy atom. The minimum Gasteiger partial charge on any atom is -0.478 e. The Morgan fingerprint density at radius 1 is 0.923 bits per heavy atom. The average Bonchev–Trinajstić information content (AvgIpc) is 2.64. The van der Waals surface area contributed by atoms with Gasteiger partial charge in [-0.1, -0.05) is 0 Å². The molecule has 11 nitrogen and oxygen atoms in total. The molecule has 5 N–H and O–H groups in total. The number of esters is 1. The summed E-state index contributed by atoms with van der Waals surface area (Å²) < 4.78 is 20.2. The molecular formula is C15H26O11. The monoisotopic (exact) mass is 382 g/mol. The van der Waals surface area contributed by atoms with E-state index in [-0.39, 0.29) is 33.0 Å². The fourth-order valence-corrected chi connectivity index (χ4v) is 1.51. The smallest absolute Gasteiger partial charge is 0.331 e. The summed E-state index contributed by atoms with van der Waals surface area (Å²) in [5, 5.41) is 45.1. The first-order valence-corrected chi connectivity index (χ1v) is 7.75. The number of aliphatic hydroxyl groups is 4. The molecule has 0 fully saturated rings. The van der Waals surface area contributed by atoms with Crippen molar-refractivity contribution < 1.29 is 54.1 Å². The molecule has 0 aromatic heterocycles. The highest BCUT2D eigenvalue weighted by Gasteiger charge is 2.32. The number of aliphatic carboxylic acids is 1. The van der Waals surface area contributed by atoms with Gasteiger partial charge >= 0.3 is 11.9 Å². The van der Waals surface area contributed by atoms with E-state index in [9.17, 15) is 24.9 Å². The van der Waals surface area contributed by atoms with Crippen LogP contribution >= 0.6 is 0 Å². The van der Waals surface area contributed by atoms with E-state index in [0.29, 0.717) is 12.2 Å². The van der Waals surface area contributed by atoms with Gasteiger partial charge in [0.1, 0.15) is 6.61 Å². The van der Waals surface area contributed by atoms with Gasteiger partial charge in [0.05, 0.1) is 58.3 Å². The molecule has 152 valence electrons. The molecule has 0 aliphatic carbocycles. The van der Waals surface area contributed by atoms with Gasteiger partial charge in [0.25, 0.3) is 0 Å². The standard InChI is InChI=1S/C15H26O11/c16-3-4-23-5-6-24-14(7-17)26-11-15(8-18,9-19)10-25-13(22)2-1-12(20)21/h1-2,14,16-19H,3-11H2,(H,20,21)/b2-1-. The summed E-state index contributed by atoms with van der Waals surface area (Å²) in [7, 11) is 0. The first kappa shape index (κ1) is 24.4. The summed E-state index contributed by atoms with van der Waals surface area (Å²) in [6.45, 7) is -2.20. The molecule has 0 radical (unpaired) electrons. The maximum Gasteiger partial charge on any atom is 0.331 e. The second kappa shape index (κ2) is 14.6. The summed E-state index contributed by atoms with van der Waals surface area (Å²) in [4.78, 5) is 21.7. The van der Waals surface area contributed by atoms with Crippen LogP contribution < -0.4 is 0 Å². The molecule has 0 saturated carbocycles. The summed E-state index contributed by atoms with van der Waals surface area (Å²) >= 11 is 0. The molecular weight excluding hydrogens is 356 g/mol. The Kier molecular flexibility index (Phi) is 13.7. The minimum atomic E-state index is -1.36. The first-order chi connectivity index (χ1) is 12.4. The zero-order valence-corrected chi connectivity index (χ0v) is 14.3. The molecule has 0 rings (SSSR count). The van der Waals surface area contributed by atoms with Crippen LogP contribution in [0.3, 0.4) is 0 Å². The summed E-state index contributed by atoms with van der Waals surface area (Å²) in [5.74, 6) is -2.29. The molecule has 0 bridgehead atoms. The third-order valence-electron chi connectivity index (χ3n) is 3.04. The Bertz CT molecular complexity index is 420. The van der Waals surface area contributed by atoms with E-state index >= 15 is 0 Å². The highest BCUT2D eigenvalue weighted by Crippen LogP contribution is 2.18. The van der Waals surface area contributed by atoms with Gasteiger partial charge in [-0.05, 0) is 0 Å². The van der Waals surface area contributed by atoms with Crippen molar-refractivity contribution in [2.45, 2.75) is 6.29 Å². The van der Waals surface area contributed by atoms with Crippen LogP contribution in [0.1, 0.15) is 0 Å². The van der Waals surface area contributed by atoms with Crippen LogP contribution in [0.4, 0.5) is 0 Å².